The lowest BCUT2D eigenvalue weighted by molar-refractivity contribution is 0.918. The molecule has 0 amide bonds. The van der Waals surface area contributed by atoms with Crippen LogP contribution in [0.2, 0.25) is 0 Å². The first-order valence-electron chi connectivity index (χ1n) is 4.62. The minimum atomic E-state index is 0.413. The molecule has 3 heteroatoms. The van der Waals surface area contributed by atoms with E-state index < -0.39 is 0 Å². The molecule has 1 heterocycles. The van der Waals surface area contributed by atoms with Crippen molar-refractivity contribution < 1.29 is 0 Å². The first kappa shape index (κ1) is 9.59. The van der Waals surface area contributed by atoms with Crippen molar-refractivity contribution >= 4 is 22.8 Å². The van der Waals surface area contributed by atoms with E-state index in [0.717, 1.165) is 11.4 Å². The molecule has 2 rings (SSSR count). The summed E-state index contributed by atoms with van der Waals surface area (Å²) in [6.45, 7) is 6.05. The zero-order valence-electron chi connectivity index (χ0n) is 8.18. The summed E-state index contributed by atoms with van der Waals surface area (Å²) in [5.74, 6) is 0.922. The first-order chi connectivity index (χ1) is 6.77. The van der Waals surface area contributed by atoms with Gasteiger partial charge in [0.25, 0.3) is 0 Å². The number of fused-ring (bicyclic) bond motifs is 1. The van der Waals surface area contributed by atoms with E-state index >= 15 is 0 Å². The molecule has 0 N–H and O–H groups in total. The SMILES string of the molecule is [CH2]C(C)SCn1cnc2ccccc21. The van der Waals surface area contributed by atoms with Crippen LogP contribution in [0, 0.1) is 6.92 Å². The molecule has 0 saturated carbocycles. The maximum Gasteiger partial charge on any atom is 0.0965 e. The van der Waals surface area contributed by atoms with Gasteiger partial charge < -0.3 is 4.57 Å². The van der Waals surface area contributed by atoms with Crippen molar-refractivity contribution in [1.82, 2.24) is 9.55 Å². The van der Waals surface area contributed by atoms with Gasteiger partial charge in [-0.2, -0.15) is 0 Å². The highest BCUT2D eigenvalue weighted by Gasteiger charge is 2.01. The number of benzene rings is 1. The minimum Gasteiger partial charge on any atom is -0.321 e. The normalized spacial score (nSPS) is 11.4. The molecule has 0 spiro atoms. The summed E-state index contributed by atoms with van der Waals surface area (Å²) in [5.41, 5.74) is 2.26. The molecule has 14 heavy (non-hydrogen) atoms. The largest absolute Gasteiger partial charge is 0.321 e. The molecule has 1 aromatic heterocycles. The third-order valence-electron chi connectivity index (χ3n) is 2.03. The lowest BCUT2D eigenvalue weighted by Crippen LogP contribution is -1.96. The van der Waals surface area contributed by atoms with E-state index in [9.17, 15) is 0 Å². The molecular formula is C11H13N2S. The molecule has 1 radical (unpaired) electrons. The summed E-state index contributed by atoms with van der Waals surface area (Å²) in [6, 6.07) is 8.18. The van der Waals surface area contributed by atoms with Gasteiger partial charge in [-0.1, -0.05) is 19.1 Å². The predicted molar refractivity (Wildman–Crippen MR) is 62.1 cm³/mol. The smallest absolute Gasteiger partial charge is 0.0965 e. The molecule has 0 aliphatic carbocycles. The average molecular weight is 205 g/mol. The summed E-state index contributed by atoms with van der Waals surface area (Å²) >= 11 is 1.82. The van der Waals surface area contributed by atoms with E-state index in [1.807, 2.05) is 36.3 Å². The Hall–Kier alpha value is -0.960. The van der Waals surface area contributed by atoms with Crippen molar-refractivity contribution in [2.45, 2.75) is 18.1 Å². The number of nitrogens with zero attached hydrogens (tertiary/aromatic N) is 2. The lowest BCUT2D eigenvalue weighted by atomic mass is 10.3. The van der Waals surface area contributed by atoms with Gasteiger partial charge in [0, 0.05) is 5.25 Å². The van der Waals surface area contributed by atoms with Crippen LogP contribution in [0.5, 0.6) is 0 Å². The number of imidazole rings is 1. The molecule has 73 valence electrons. The molecule has 0 bridgehead atoms. The van der Waals surface area contributed by atoms with Gasteiger partial charge >= 0.3 is 0 Å². The van der Waals surface area contributed by atoms with Crippen molar-refractivity contribution in [2.75, 3.05) is 0 Å². The second-order valence-corrected chi connectivity index (χ2v) is 4.71. The van der Waals surface area contributed by atoms with Crippen LogP contribution < -0.4 is 0 Å². The van der Waals surface area contributed by atoms with Crippen molar-refractivity contribution in [1.29, 1.82) is 0 Å². The zero-order valence-corrected chi connectivity index (χ0v) is 9.00. The summed E-state index contributed by atoms with van der Waals surface area (Å²) in [6.07, 6.45) is 1.89. The van der Waals surface area contributed by atoms with Gasteiger partial charge in [0.1, 0.15) is 0 Å². The summed E-state index contributed by atoms with van der Waals surface area (Å²) in [5, 5.41) is 0.413. The van der Waals surface area contributed by atoms with Gasteiger partial charge in [-0.25, -0.2) is 4.98 Å². The van der Waals surface area contributed by atoms with Crippen LogP contribution in [0.4, 0.5) is 0 Å². The van der Waals surface area contributed by atoms with Crippen LogP contribution in [0.3, 0.4) is 0 Å². The van der Waals surface area contributed by atoms with Gasteiger partial charge in [0.2, 0.25) is 0 Å². The monoisotopic (exact) mass is 205 g/mol. The second-order valence-electron chi connectivity index (χ2n) is 3.31. The number of aromatic nitrogens is 2. The maximum atomic E-state index is 4.33. The van der Waals surface area contributed by atoms with E-state index in [-0.39, 0.29) is 0 Å². The average Bonchev–Trinajstić information content (AvgIpc) is 2.58. The zero-order chi connectivity index (χ0) is 9.97. The Labute approximate surface area is 88.3 Å². The molecule has 0 fully saturated rings. The number of rotatable bonds is 3. The van der Waals surface area contributed by atoms with E-state index in [1.54, 1.807) is 0 Å². The second kappa shape index (κ2) is 4.05. The minimum absolute atomic E-state index is 0.413. The Morgan fingerprint density at radius 2 is 2.29 bits per heavy atom. The summed E-state index contributed by atoms with van der Waals surface area (Å²) in [7, 11) is 0. The van der Waals surface area contributed by atoms with Crippen molar-refractivity contribution in [3.05, 3.63) is 37.5 Å². The summed E-state index contributed by atoms with van der Waals surface area (Å²) < 4.78 is 2.15. The molecule has 1 unspecified atom stereocenters. The molecular weight excluding hydrogens is 192 g/mol. The van der Waals surface area contributed by atoms with Gasteiger partial charge in [-0.15, -0.1) is 11.8 Å². The van der Waals surface area contributed by atoms with E-state index in [4.69, 9.17) is 0 Å². The van der Waals surface area contributed by atoms with Crippen LogP contribution in [-0.2, 0) is 5.88 Å². The van der Waals surface area contributed by atoms with Gasteiger partial charge in [0.15, 0.2) is 0 Å². The Morgan fingerprint density at radius 3 is 3.07 bits per heavy atom. The molecule has 2 aromatic rings. The molecule has 1 atom stereocenters. The third kappa shape index (κ3) is 1.93. The van der Waals surface area contributed by atoms with Crippen LogP contribution in [0.1, 0.15) is 6.92 Å². The highest BCUT2D eigenvalue weighted by atomic mass is 32.2. The van der Waals surface area contributed by atoms with E-state index in [0.29, 0.717) is 5.25 Å². The molecule has 2 nitrogen and oxygen atoms in total. The predicted octanol–water partition coefficient (Wildman–Crippen LogP) is 2.95. The summed E-state index contributed by atoms with van der Waals surface area (Å²) in [4.78, 5) is 4.33. The fourth-order valence-corrected chi connectivity index (χ4v) is 1.94. The topological polar surface area (TPSA) is 17.8 Å². The Balaban J connectivity index is 2.25. The van der Waals surface area contributed by atoms with Crippen molar-refractivity contribution in [3.8, 4) is 0 Å². The third-order valence-corrected chi connectivity index (χ3v) is 3.02. The lowest BCUT2D eigenvalue weighted by Gasteiger charge is -2.06. The Kier molecular flexibility index (Phi) is 2.77. The van der Waals surface area contributed by atoms with Crippen molar-refractivity contribution in [2.24, 2.45) is 0 Å². The number of hydrogen-bond acceptors (Lipinski definition) is 2. The quantitative estimate of drug-likeness (QED) is 0.766. The number of para-hydroxylation sites is 2. The van der Waals surface area contributed by atoms with Crippen LogP contribution in [0.15, 0.2) is 30.6 Å². The highest BCUT2D eigenvalue weighted by Crippen LogP contribution is 2.17. The molecule has 0 aliphatic rings. The molecule has 0 aliphatic heterocycles. The van der Waals surface area contributed by atoms with Crippen LogP contribution in [0.25, 0.3) is 11.0 Å². The fraction of sp³-hybridized carbons (Fsp3) is 0.273. The Bertz CT molecular complexity index is 420. The number of thioether (sulfide) groups is 1. The van der Waals surface area contributed by atoms with Crippen molar-refractivity contribution in [3.63, 3.8) is 0 Å². The van der Waals surface area contributed by atoms with E-state index in [2.05, 4.69) is 29.5 Å². The van der Waals surface area contributed by atoms with E-state index in [1.165, 1.54) is 5.52 Å². The maximum absolute atomic E-state index is 4.33. The Morgan fingerprint density at radius 1 is 1.50 bits per heavy atom. The fourth-order valence-electron chi connectivity index (χ4n) is 1.32. The standard InChI is InChI=1S/C11H13N2S/c1-9(2)14-8-13-7-12-10-5-3-4-6-11(10)13/h3-7,9H,1,8H2,2H3. The van der Waals surface area contributed by atoms with Gasteiger partial charge in [-0.05, 0) is 19.1 Å². The molecule has 1 aromatic carbocycles. The van der Waals surface area contributed by atoms with Gasteiger partial charge in [0.05, 0.1) is 23.2 Å². The van der Waals surface area contributed by atoms with Crippen LogP contribution >= 0.6 is 11.8 Å². The van der Waals surface area contributed by atoms with Crippen LogP contribution in [-0.4, -0.2) is 14.8 Å². The number of hydrogen-bond donors (Lipinski definition) is 0. The molecule has 0 saturated heterocycles. The van der Waals surface area contributed by atoms with Gasteiger partial charge in [-0.3, -0.25) is 0 Å². The highest BCUT2D eigenvalue weighted by molar-refractivity contribution is 7.99. The first-order valence-corrected chi connectivity index (χ1v) is 5.67.